The third kappa shape index (κ3) is 3.73. The van der Waals surface area contributed by atoms with Crippen LogP contribution in [0.3, 0.4) is 0 Å². The molecule has 10 nitrogen and oxygen atoms in total. The standard InChI is InChI=1S/C14H27NO9/c1-23-14-13(22)11(20)8(7(4-17)24-14)15-6-2-5(3-16)9(18)12(21)10(6)19/h5-22H,2-4H2,1H3/t5-,6+,7-,8-,9-,10+,11+,12+,13-,14+/m1/s1. The van der Waals surface area contributed by atoms with Crippen molar-refractivity contribution in [2.45, 2.75) is 61.4 Å². The van der Waals surface area contributed by atoms with Crippen LogP contribution in [-0.2, 0) is 9.47 Å². The molecule has 2 aliphatic rings. The van der Waals surface area contributed by atoms with E-state index in [4.69, 9.17) is 9.47 Å². The number of hydrogen-bond acceptors (Lipinski definition) is 10. The molecule has 0 aromatic carbocycles. The average molecular weight is 353 g/mol. The molecule has 1 aliphatic carbocycles. The van der Waals surface area contributed by atoms with Crippen LogP contribution in [0.25, 0.3) is 0 Å². The highest BCUT2D eigenvalue weighted by Gasteiger charge is 2.48. The number of rotatable bonds is 5. The van der Waals surface area contributed by atoms with Crippen LogP contribution in [0.5, 0.6) is 0 Å². The molecule has 1 saturated carbocycles. The van der Waals surface area contributed by atoms with Crippen LogP contribution in [-0.4, -0.2) is 111 Å². The van der Waals surface area contributed by atoms with Crippen molar-refractivity contribution in [1.82, 2.24) is 5.32 Å². The molecule has 8 N–H and O–H groups in total. The molecule has 2 rings (SSSR count). The quantitative estimate of drug-likeness (QED) is 0.241. The topological polar surface area (TPSA) is 172 Å². The summed E-state index contributed by atoms with van der Waals surface area (Å²) in [6, 6.07) is -1.73. The molecule has 0 bridgehead atoms. The average Bonchev–Trinajstić information content (AvgIpc) is 2.59. The molecule has 10 heteroatoms. The number of ether oxygens (including phenoxy) is 2. The first-order valence-corrected chi connectivity index (χ1v) is 7.92. The van der Waals surface area contributed by atoms with Gasteiger partial charge in [0, 0.05) is 25.7 Å². The molecule has 0 unspecified atom stereocenters. The maximum atomic E-state index is 10.3. The van der Waals surface area contributed by atoms with Crippen molar-refractivity contribution in [1.29, 1.82) is 0 Å². The minimum atomic E-state index is -1.47. The molecule has 1 aliphatic heterocycles. The van der Waals surface area contributed by atoms with Gasteiger partial charge in [-0.15, -0.1) is 0 Å². The van der Waals surface area contributed by atoms with Crippen LogP contribution in [0.2, 0.25) is 0 Å². The van der Waals surface area contributed by atoms with Gasteiger partial charge in [-0.2, -0.15) is 0 Å². The maximum absolute atomic E-state index is 10.3. The largest absolute Gasteiger partial charge is 0.396 e. The molecule has 2 fully saturated rings. The van der Waals surface area contributed by atoms with E-state index in [0.717, 1.165) is 0 Å². The van der Waals surface area contributed by atoms with Crippen LogP contribution >= 0.6 is 0 Å². The van der Waals surface area contributed by atoms with Gasteiger partial charge in [0.1, 0.15) is 24.4 Å². The molecule has 1 saturated heterocycles. The second-order valence-corrected chi connectivity index (χ2v) is 6.39. The molecule has 0 radical (unpaired) electrons. The van der Waals surface area contributed by atoms with E-state index in [2.05, 4.69) is 5.32 Å². The van der Waals surface area contributed by atoms with E-state index < -0.39 is 67.5 Å². The SMILES string of the molecule is CO[C@H]1O[C@H](CO)[C@@H](N[C@H]2C[C@H](CO)[C@@H](O)[C@H](O)[C@H]2O)[C@H](O)[C@H]1O. The summed E-state index contributed by atoms with van der Waals surface area (Å²) in [6.45, 7) is -0.858. The highest BCUT2D eigenvalue weighted by atomic mass is 16.7. The fourth-order valence-corrected chi connectivity index (χ4v) is 3.41. The van der Waals surface area contributed by atoms with Crippen LogP contribution in [0.4, 0.5) is 0 Å². The van der Waals surface area contributed by atoms with Gasteiger partial charge in [-0.1, -0.05) is 0 Å². The van der Waals surface area contributed by atoms with Crippen molar-refractivity contribution in [3.05, 3.63) is 0 Å². The number of hydrogen-bond donors (Lipinski definition) is 8. The van der Waals surface area contributed by atoms with Crippen molar-refractivity contribution >= 4 is 0 Å². The molecule has 0 aromatic rings. The maximum Gasteiger partial charge on any atom is 0.186 e. The molecule has 0 amide bonds. The van der Waals surface area contributed by atoms with Crippen molar-refractivity contribution in [2.24, 2.45) is 5.92 Å². The Bertz CT molecular complexity index is 396. The summed E-state index contributed by atoms with van der Waals surface area (Å²) in [7, 11) is 1.29. The summed E-state index contributed by atoms with van der Waals surface area (Å²) in [5.41, 5.74) is 0. The third-order valence-electron chi connectivity index (χ3n) is 4.91. The van der Waals surface area contributed by atoms with E-state index in [0.29, 0.717) is 0 Å². The third-order valence-corrected chi connectivity index (χ3v) is 4.91. The van der Waals surface area contributed by atoms with E-state index in [-0.39, 0.29) is 13.0 Å². The van der Waals surface area contributed by atoms with Gasteiger partial charge in [0.15, 0.2) is 6.29 Å². The zero-order valence-electron chi connectivity index (χ0n) is 13.3. The highest BCUT2D eigenvalue weighted by molar-refractivity contribution is 5.01. The van der Waals surface area contributed by atoms with Gasteiger partial charge < -0.3 is 50.5 Å². The van der Waals surface area contributed by atoms with Gasteiger partial charge in [-0.25, -0.2) is 0 Å². The lowest BCUT2D eigenvalue weighted by Gasteiger charge is -2.46. The Balaban J connectivity index is 2.12. The smallest absolute Gasteiger partial charge is 0.186 e. The van der Waals surface area contributed by atoms with Crippen molar-refractivity contribution < 1.29 is 45.2 Å². The van der Waals surface area contributed by atoms with E-state index in [1.54, 1.807) is 0 Å². The van der Waals surface area contributed by atoms with Gasteiger partial charge >= 0.3 is 0 Å². The van der Waals surface area contributed by atoms with Gasteiger partial charge in [0.2, 0.25) is 0 Å². The number of aliphatic hydroxyl groups is 7. The zero-order chi connectivity index (χ0) is 18.0. The van der Waals surface area contributed by atoms with Gasteiger partial charge in [0.05, 0.1) is 24.9 Å². The molecule has 0 aromatic heterocycles. The molecular weight excluding hydrogens is 326 g/mol. The first kappa shape index (κ1) is 19.9. The van der Waals surface area contributed by atoms with Gasteiger partial charge in [-0.05, 0) is 6.42 Å². The van der Waals surface area contributed by atoms with E-state index in [1.807, 2.05) is 0 Å². The van der Waals surface area contributed by atoms with Crippen LogP contribution in [0.1, 0.15) is 6.42 Å². The monoisotopic (exact) mass is 353 g/mol. The fourth-order valence-electron chi connectivity index (χ4n) is 3.41. The lowest BCUT2D eigenvalue weighted by atomic mass is 9.79. The summed E-state index contributed by atoms with van der Waals surface area (Å²) in [5, 5.41) is 71.8. The van der Waals surface area contributed by atoms with Crippen molar-refractivity contribution in [3.8, 4) is 0 Å². The second-order valence-electron chi connectivity index (χ2n) is 6.39. The van der Waals surface area contributed by atoms with Crippen molar-refractivity contribution in [2.75, 3.05) is 20.3 Å². The molecule has 24 heavy (non-hydrogen) atoms. The minimum absolute atomic E-state index is 0.126. The number of aliphatic hydroxyl groups excluding tert-OH is 7. The normalized spacial score (nSPS) is 50.0. The number of nitrogens with one attached hydrogen (secondary N) is 1. The van der Waals surface area contributed by atoms with Crippen LogP contribution in [0, 0.1) is 5.92 Å². The van der Waals surface area contributed by atoms with Crippen molar-refractivity contribution in [3.63, 3.8) is 0 Å². The lowest BCUT2D eigenvalue weighted by molar-refractivity contribution is -0.274. The lowest BCUT2D eigenvalue weighted by Crippen LogP contribution is -2.68. The van der Waals surface area contributed by atoms with E-state index >= 15 is 0 Å². The summed E-state index contributed by atoms with van der Waals surface area (Å²) in [5.74, 6) is -0.660. The predicted molar refractivity (Wildman–Crippen MR) is 78.7 cm³/mol. The Hall–Kier alpha value is -0.400. The molecule has 0 spiro atoms. The number of methoxy groups -OCH3 is 1. The van der Waals surface area contributed by atoms with Gasteiger partial charge in [-0.3, -0.25) is 0 Å². The Morgan fingerprint density at radius 3 is 2.12 bits per heavy atom. The van der Waals surface area contributed by atoms with E-state index in [9.17, 15) is 35.7 Å². The summed E-state index contributed by atoms with van der Waals surface area (Å²) in [6.07, 6.45) is -8.73. The zero-order valence-corrected chi connectivity index (χ0v) is 13.3. The fraction of sp³-hybridized carbons (Fsp3) is 1.00. The van der Waals surface area contributed by atoms with Crippen LogP contribution < -0.4 is 5.32 Å². The van der Waals surface area contributed by atoms with Gasteiger partial charge in [0.25, 0.3) is 0 Å². The molecule has 10 atom stereocenters. The second kappa shape index (κ2) is 8.32. The first-order chi connectivity index (χ1) is 11.3. The van der Waals surface area contributed by atoms with E-state index in [1.165, 1.54) is 7.11 Å². The summed E-state index contributed by atoms with van der Waals surface area (Å²) >= 11 is 0. The Labute approximate surface area is 139 Å². The predicted octanol–water partition coefficient (Wildman–Crippen LogP) is -4.51. The highest BCUT2D eigenvalue weighted by Crippen LogP contribution is 2.28. The van der Waals surface area contributed by atoms with Crippen LogP contribution in [0.15, 0.2) is 0 Å². The molecular formula is C14H27NO9. The Morgan fingerprint density at radius 1 is 0.917 bits per heavy atom. The Morgan fingerprint density at radius 2 is 1.58 bits per heavy atom. The summed E-state index contributed by atoms with van der Waals surface area (Å²) < 4.78 is 10.3. The molecule has 1 heterocycles. The first-order valence-electron chi connectivity index (χ1n) is 7.92. The summed E-state index contributed by atoms with van der Waals surface area (Å²) in [4.78, 5) is 0. The Kier molecular flexibility index (Phi) is 6.90. The molecule has 142 valence electrons. The minimum Gasteiger partial charge on any atom is -0.396 e.